The van der Waals surface area contributed by atoms with E-state index in [1.807, 2.05) is 6.92 Å². The van der Waals surface area contributed by atoms with Crippen molar-refractivity contribution in [1.29, 1.82) is 0 Å². The number of anilines is 2. The van der Waals surface area contributed by atoms with Crippen LogP contribution >= 0.6 is 0 Å². The largest absolute Gasteiger partial charge is 0.480 e. The molecule has 0 spiro atoms. The Labute approximate surface area is 205 Å². The molecule has 7 N–H and O–H groups in total. The number of hydrogen-bond acceptors (Lipinski definition) is 9. The third-order valence-corrected chi connectivity index (χ3v) is 5.22. The Bertz CT molecular complexity index is 1290. The van der Waals surface area contributed by atoms with E-state index in [2.05, 4.69) is 35.9 Å². The number of rotatable bonds is 12. The minimum Gasteiger partial charge on any atom is -0.480 e. The van der Waals surface area contributed by atoms with Gasteiger partial charge in [0.05, 0.1) is 18.4 Å². The molecule has 2 heterocycles. The van der Waals surface area contributed by atoms with Crippen LogP contribution in [0.25, 0.3) is 11.2 Å². The van der Waals surface area contributed by atoms with Crippen molar-refractivity contribution in [3.05, 3.63) is 52.1 Å². The van der Waals surface area contributed by atoms with Crippen molar-refractivity contribution in [2.75, 3.05) is 17.6 Å². The minimum absolute atomic E-state index is 0.00318. The predicted molar refractivity (Wildman–Crippen MR) is 132 cm³/mol. The number of amides is 2. The summed E-state index contributed by atoms with van der Waals surface area (Å²) in [6.45, 7) is 2.79. The first-order valence-corrected chi connectivity index (χ1v) is 11.4. The normalized spacial score (nSPS) is 11.6. The van der Waals surface area contributed by atoms with Crippen LogP contribution in [0.5, 0.6) is 0 Å². The zero-order chi connectivity index (χ0) is 26.1. The van der Waals surface area contributed by atoms with Gasteiger partial charge >= 0.3 is 5.97 Å². The number of fused-ring (bicyclic) bond motifs is 1. The van der Waals surface area contributed by atoms with Crippen molar-refractivity contribution >= 4 is 40.6 Å². The molecule has 2 aromatic heterocycles. The number of carboxylic acids is 1. The molecule has 0 aliphatic carbocycles. The van der Waals surface area contributed by atoms with Gasteiger partial charge in [-0.15, -0.1) is 0 Å². The Morgan fingerprint density at radius 1 is 1.17 bits per heavy atom. The number of aromatic nitrogens is 4. The number of benzene rings is 1. The van der Waals surface area contributed by atoms with Gasteiger partial charge in [-0.1, -0.05) is 13.3 Å². The maximum absolute atomic E-state index is 12.5. The molecule has 190 valence electrons. The molecule has 0 aliphatic heterocycles. The first-order valence-electron chi connectivity index (χ1n) is 11.4. The fourth-order valence-corrected chi connectivity index (χ4v) is 3.26. The van der Waals surface area contributed by atoms with E-state index < -0.39 is 23.5 Å². The standard InChI is InChI=1S/C23H28N8O5/c1-2-3-10-25-17(32)9-8-16(22(35)36)29-20(33)13-4-6-14(7-5-13)26-11-15-12-27-19-18(28-15)21(34)31-23(24)30-19/h4-7,12,16,26H,2-3,8-11H2,1H3,(H,25,32)(H,29,33)(H,35,36)(H3,24,27,30,31,34). The zero-order valence-corrected chi connectivity index (χ0v) is 19.7. The predicted octanol–water partition coefficient (Wildman–Crippen LogP) is 0.787. The molecule has 2 amide bonds. The van der Waals surface area contributed by atoms with Crippen LogP contribution in [-0.4, -0.2) is 55.4 Å². The van der Waals surface area contributed by atoms with Gasteiger partial charge in [-0.05, 0) is 37.1 Å². The Kier molecular flexibility index (Phi) is 8.86. The van der Waals surface area contributed by atoms with Crippen LogP contribution in [0.4, 0.5) is 11.6 Å². The van der Waals surface area contributed by atoms with E-state index >= 15 is 0 Å². The molecule has 1 atom stereocenters. The van der Waals surface area contributed by atoms with Gasteiger partial charge in [-0.2, -0.15) is 4.98 Å². The molecule has 13 heteroatoms. The highest BCUT2D eigenvalue weighted by molar-refractivity contribution is 5.97. The molecular weight excluding hydrogens is 468 g/mol. The van der Waals surface area contributed by atoms with Crippen LogP contribution in [0.3, 0.4) is 0 Å². The highest BCUT2D eigenvalue weighted by Gasteiger charge is 2.21. The average molecular weight is 497 g/mol. The van der Waals surface area contributed by atoms with Crippen molar-refractivity contribution < 1.29 is 19.5 Å². The average Bonchev–Trinajstić information content (AvgIpc) is 2.85. The number of unbranched alkanes of at least 4 members (excludes halogenated alkanes) is 1. The highest BCUT2D eigenvalue weighted by atomic mass is 16.4. The van der Waals surface area contributed by atoms with E-state index in [9.17, 15) is 24.3 Å². The van der Waals surface area contributed by atoms with Crippen molar-refractivity contribution in [3.8, 4) is 0 Å². The SMILES string of the molecule is CCCCNC(=O)CCC(NC(=O)c1ccc(NCc2cnc3nc(N)[nH]c(=O)c3n2)cc1)C(=O)O. The summed E-state index contributed by atoms with van der Waals surface area (Å²) in [6.07, 6.45) is 3.24. The molecule has 0 fully saturated rings. The van der Waals surface area contributed by atoms with Gasteiger partial charge in [0.15, 0.2) is 11.2 Å². The van der Waals surface area contributed by atoms with Crippen LogP contribution < -0.4 is 27.2 Å². The minimum atomic E-state index is -1.21. The van der Waals surface area contributed by atoms with Crippen LogP contribution in [-0.2, 0) is 16.1 Å². The third-order valence-electron chi connectivity index (χ3n) is 5.22. The second-order valence-electron chi connectivity index (χ2n) is 8.02. The van der Waals surface area contributed by atoms with Crippen molar-refractivity contribution in [2.24, 2.45) is 0 Å². The molecule has 1 aromatic carbocycles. The Balaban J connectivity index is 1.55. The van der Waals surface area contributed by atoms with Gasteiger partial charge < -0.3 is 26.8 Å². The smallest absolute Gasteiger partial charge is 0.326 e. The zero-order valence-electron chi connectivity index (χ0n) is 19.7. The summed E-state index contributed by atoms with van der Waals surface area (Å²) < 4.78 is 0. The van der Waals surface area contributed by atoms with Crippen molar-refractivity contribution in [3.63, 3.8) is 0 Å². The number of nitrogen functional groups attached to an aromatic ring is 1. The van der Waals surface area contributed by atoms with E-state index in [1.54, 1.807) is 12.1 Å². The van der Waals surface area contributed by atoms with E-state index in [0.29, 0.717) is 17.9 Å². The van der Waals surface area contributed by atoms with Gasteiger partial charge in [-0.3, -0.25) is 19.4 Å². The summed E-state index contributed by atoms with van der Waals surface area (Å²) >= 11 is 0. The summed E-state index contributed by atoms with van der Waals surface area (Å²) in [7, 11) is 0. The van der Waals surface area contributed by atoms with E-state index in [4.69, 9.17) is 5.73 Å². The lowest BCUT2D eigenvalue weighted by atomic mass is 10.1. The van der Waals surface area contributed by atoms with Gasteiger partial charge in [0.1, 0.15) is 6.04 Å². The molecule has 0 bridgehead atoms. The number of aliphatic carboxylic acids is 1. The van der Waals surface area contributed by atoms with Gasteiger partial charge in [0.25, 0.3) is 11.5 Å². The molecule has 0 saturated heterocycles. The first-order chi connectivity index (χ1) is 17.3. The molecule has 0 radical (unpaired) electrons. The fraction of sp³-hybridized carbons (Fsp3) is 0.348. The van der Waals surface area contributed by atoms with Gasteiger partial charge in [0.2, 0.25) is 11.9 Å². The number of nitrogens with two attached hydrogens (primary N) is 1. The number of carbonyl (C=O) groups is 3. The second kappa shape index (κ2) is 12.2. The molecule has 3 rings (SSSR count). The van der Waals surface area contributed by atoms with Crippen molar-refractivity contribution in [2.45, 2.75) is 45.2 Å². The van der Waals surface area contributed by atoms with E-state index in [1.165, 1.54) is 18.3 Å². The maximum atomic E-state index is 12.5. The van der Waals surface area contributed by atoms with E-state index in [-0.39, 0.29) is 48.0 Å². The molecule has 13 nitrogen and oxygen atoms in total. The summed E-state index contributed by atoms with van der Waals surface area (Å²) in [5.74, 6) is -2.07. The van der Waals surface area contributed by atoms with E-state index in [0.717, 1.165) is 12.8 Å². The number of aromatic amines is 1. The Morgan fingerprint density at radius 3 is 2.61 bits per heavy atom. The maximum Gasteiger partial charge on any atom is 0.326 e. The van der Waals surface area contributed by atoms with Crippen LogP contribution in [0, 0.1) is 0 Å². The summed E-state index contributed by atoms with van der Waals surface area (Å²) in [6, 6.07) is 5.19. The lowest BCUT2D eigenvalue weighted by molar-refractivity contribution is -0.139. The molecule has 0 aliphatic rings. The number of nitrogens with one attached hydrogen (secondary N) is 4. The summed E-state index contributed by atoms with van der Waals surface area (Å²) in [5, 5.41) is 17.7. The molecular formula is C23H28N8O5. The molecule has 0 saturated carbocycles. The summed E-state index contributed by atoms with van der Waals surface area (Å²) in [5.41, 5.74) is 6.65. The number of carboxylic acid groups (broad SMARTS) is 1. The second-order valence-corrected chi connectivity index (χ2v) is 8.02. The number of H-pyrrole nitrogens is 1. The van der Waals surface area contributed by atoms with Crippen molar-refractivity contribution in [1.82, 2.24) is 30.6 Å². The Hall–Kier alpha value is -4.55. The van der Waals surface area contributed by atoms with Gasteiger partial charge in [0, 0.05) is 24.2 Å². The number of hydrogen-bond donors (Lipinski definition) is 6. The quantitative estimate of drug-likeness (QED) is 0.194. The topological polar surface area (TPSA) is 205 Å². The van der Waals surface area contributed by atoms with Crippen LogP contribution in [0.15, 0.2) is 35.3 Å². The number of carbonyl (C=O) groups excluding carboxylic acids is 2. The summed E-state index contributed by atoms with van der Waals surface area (Å²) in [4.78, 5) is 62.5. The third kappa shape index (κ3) is 7.22. The fourth-order valence-electron chi connectivity index (χ4n) is 3.26. The Morgan fingerprint density at radius 2 is 1.92 bits per heavy atom. The lowest BCUT2D eigenvalue weighted by Gasteiger charge is -2.15. The first kappa shape index (κ1) is 26.1. The van der Waals surface area contributed by atoms with Crippen LogP contribution in [0.2, 0.25) is 0 Å². The number of nitrogens with zero attached hydrogens (tertiary/aromatic N) is 3. The molecule has 3 aromatic rings. The lowest BCUT2D eigenvalue weighted by Crippen LogP contribution is -2.41. The highest BCUT2D eigenvalue weighted by Crippen LogP contribution is 2.12. The molecule has 1 unspecified atom stereocenters. The molecule has 36 heavy (non-hydrogen) atoms. The van der Waals surface area contributed by atoms with Crippen LogP contribution in [0.1, 0.15) is 48.7 Å². The monoisotopic (exact) mass is 496 g/mol. The van der Waals surface area contributed by atoms with Gasteiger partial charge in [-0.25, -0.2) is 14.8 Å².